The molecule has 0 fully saturated rings. The van der Waals surface area contributed by atoms with Gasteiger partial charge in [-0.1, -0.05) is 17.8 Å². The molecular formula is C23H28CrO5P+. The molecule has 160 valence electrons. The molecule has 30 heavy (non-hydrogen) atoms. The summed E-state index contributed by atoms with van der Waals surface area (Å²) >= 11 is 0. The molecule has 0 spiro atoms. The summed E-state index contributed by atoms with van der Waals surface area (Å²) in [4.78, 5) is 0. The molecule has 0 aliphatic carbocycles. The molecule has 0 saturated heterocycles. The Balaban J connectivity index is -0.0000000835. The fraction of sp³-hybridized carbons (Fsp3) is 0.522. The average Bonchev–Trinajstić information content (AvgIpc) is 2.67. The Hall–Kier alpha value is -1.66. The van der Waals surface area contributed by atoms with E-state index in [9.17, 15) is 0 Å². The summed E-state index contributed by atoms with van der Waals surface area (Å²) in [6.45, 7) is 41.6. The molecular weight excluding hydrogens is 439 g/mol. The van der Waals surface area contributed by atoms with Gasteiger partial charge in [-0.2, -0.15) is 0 Å². The van der Waals surface area contributed by atoms with Gasteiger partial charge in [0.05, 0.1) is 0 Å². The normalized spacial score (nSPS) is 7.73. The van der Waals surface area contributed by atoms with Crippen LogP contribution in [-0.2, 0) is 40.6 Å². The van der Waals surface area contributed by atoms with Crippen LogP contribution in [-0.4, -0.2) is 0 Å². The van der Waals surface area contributed by atoms with Crippen LogP contribution in [0.1, 0.15) is 62.3 Å². The van der Waals surface area contributed by atoms with Crippen LogP contribution in [0.2, 0.25) is 0 Å². The smallest absolute Gasteiger partial charge is 0 e. The summed E-state index contributed by atoms with van der Waals surface area (Å²) in [5, 5.41) is 0. The van der Waals surface area contributed by atoms with Gasteiger partial charge in [-0.3, -0.25) is 0 Å². The van der Waals surface area contributed by atoms with Crippen LogP contribution in [0.3, 0.4) is 0 Å². The van der Waals surface area contributed by atoms with Crippen molar-refractivity contribution >= 4 is 7.92 Å². The van der Waals surface area contributed by atoms with Gasteiger partial charge in [0.15, 0.2) is 0 Å². The predicted molar refractivity (Wildman–Crippen MR) is 110 cm³/mol. The summed E-state index contributed by atoms with van der Waals surface area (Å²) < 4.78 is 37.5. The molecule has 0 aliphatic heterocycles. The van der Waals surface area contributed by atoms with E-state index in [1.54, 1.807) is 0 Å². The van der Waals surface area contributed by atoms with Crippen molar-refractivity contribution in [2.75, 3.05) is 0 Å². The van der Waals surface area contributed by atoms with Crippen LogP contribution in [0.4, 0.5) is 0 Å². The number of hydrogen-bond acceptors (Lipinski definition) is 0. The van der Waals surface area contributed by atoms with Crippen molar-refractivity contribution < 1.29 is 40.6 Å². The second-order valence-corrected chi connectivity index (χ2v) is 9.38. The number of hydrogen-bond donors (Lipinski definition) is 0. The summed E-state index contributed by atoms with van der Waals surface area (Å²) in [6, 6.07) is 0. The summed E-state index contributed by atoms with van der Waals surface area (Å²) in [6.07, 6.45) is 0. The van der Waals surface area contributed by atoms with Crippen LogP contribution in [0.15, 0.2) is 0 Å². The maximum Gasteiger partial charge on any atom is 0 e. The maximum atomic E-state index is 7.50. The zero-order valence-electron chi connectivity index (χ0n) is 18.9. The van der Waals surface area contributed by atoms with Crippen LogP contribution >= 0.6 is 7.92 Å². The Morgan fingerprint density at radius 2 is 0.567 bits per heavy atom. The first kappa shape index (κ1) is 46.5. The molecule has 0 amide bonds. The topological polar surface area (TPSA) is 99.5 Å². The minimum absolute atomic E-state index is 0. The van der Waals surface area contributed by atoms with Crippen molar-refractivity contribution in [2.45, 2.75) is 62.3 Å². The Kier molecular flexibility index (Phi) is 45.8. The van der Waals surface area contributed by atoms with Crippen LogP contribution in [0, 0.1) is 84.2 Å². The van der Waals surface area contributed by atoms with Gasteiger partial charge in [-0.15, -0.1) is 0 Å². The van der Waals surface area contributed by atoms with Crippen LogP contribution < -0.4 is 0 Å². The monoisotopic (exact) mass is 467 g/mol. The zero-order chi connectivity index (χ0) is 25.3. The van der Waals surface area contributed by atoms with E-state index in [-0.39, 0.29) is 33.6 Å². The predicted octanol–water partition coefficient (Wildman–Crippen LogP) is 5.03. The van der Waals surface area contributed by atoms with Gasteiger partial charge in [0.25, 0.3) is 0 Å². The molecule has 0 N–H and O–H groups in total. The molecule has 0 saturated carbocycles. The van der Waals surface area contributed by atoms with E-state index >= 15 is 0 Å². The molecule has 0 aliphatic rings. The molecule has 0 heterocycles. The summed E-state index contributed by atoms with van der Waals surface area (Å²) in [7, 11) is -1.23. The zero-order valence-corrected chi connectivity index (χ0v) is 21.2. The van der Waals surface area contributed by atoms with E-state index in [2.05, 4.69) is 130 Å². The van der Waals surface area contributed by atoms with Gasteiger partial charge in [-0.05, 0) is 62.3 Å². The van der Waals surface area contributed by atoms with E-state index in [0.717, 1.165) is 0 Å². The first-order valence-electron chi connectivity index (χ1n) is 7.77. The van der Waals surface area contributed by atoms with Crippen molar-refractivity contribution in [1.82, 2.24) is 0 Å². The molecule has 5 nitrogen and oxygen atoms in total. The molecule has 0 unspecified atom stereocenters. The Morgan fingerprint density at radius 3 is 0.667 bits per heavy atom. The van der Waals surface area contributed by atoms with E-state index in [4.69, 9.17) is 23.3 Å². The number of rotatable bonds is 0. The summed E-state index contributed by atoms with van der Waals surface area (Å²) in [5.41, 5.74) is 9.98. The van der Waals surface area contributed by atoms with Gasteiger partial charge in [0, 0.05) is 33.6 Å². The van der Waals surface area contributed by atoms with Crippen molar-refractivity contribution in [3.05, 3.63) is 33.3 Å². The maximum absolute atomic E-state index is 7.50. The molecule has 0 aromatic heterocycles. The Morgan fingerprint density at radius 1 is 0.433 bits per heavy atom. The second kappa shape index (κ2) is 29.5. The van der Waals surface area contributed by atoms with Gasteiger partial charge in [0.2, 0.25) is 7.92 Å². The van der Waals surface area contributed by atoms with Gasteiger partial charge in [0.1, 0.15) is 17.0 Å². The minimum atomic E-state index is -1.23. The van der Waals surface area contributed by atoms with E-state index in [0.29, 0.717) is 0 Å². The van der Waals surface area contributed by atoms with Gasteiger partial charge >= 0.3 is 56.5 Å². The SMILES string of the molecule is CC(C)(C)C#C[PH+](C#CC(C)(C)C)C#CC(C)(C)C.[C-]#[O+].[C-]#[O+].[C-]#[O+].[C-]#[O+].[C-]#[O+].[Cr]. The Bertz CT molecular complexity index is 579. The molecule has 0 bridgehead atoms. The summed E-state index contributed by atoms with van der Waals surface area (Å²) in [5.74, 6) is 9.85. The third-order valence-electron chi connectivity index (χ3n) is 1.69. The molecule has 0 rings (SSSR count). The Labute approximate surface area is 195 Å². The third-order valence-corrected chi connectivity index (χ3v) is 2.81. The van der Waals surface area contributed by atoms with E-state index in [1.807, 2.05) is 0 Å². The minimum Gasteiger partial charge on any atom is 0 e. The average molecular weight is 467 g/mol. The largest absolute Gasteiger partial charge is 0 e. The van der Waals surface area contributed by atoms with Crippen LogP contribution in [0.5, 0.6) is 0 Å². The molecule has 0 aromatic rings. The third kappa shape index (κ3) is 63.3. The first-order valence-corrected chi connectivity index (χ1v) is 9.27. The van der Waals surface area contributed by atoms with Gasteiger partial charge < -0.3 is 0 Å². The van der Waals surface area contributed by atoms with Crippen molar-refractivity contribution in [3.8, 4) is 34.7 Å². The fourth-order valence-electron chi connectivity index (χ4n) is 0.844. The molecule has 7 heteroatoms. The van der Waals surface area contributed by atoms with Gasteiger partial charge in [-0.25, -0.2) is 0 Å². The van der Waals surface area contributed by atoms with Crippen molar-refractivity contribution in [3.63, 3.8) is 0 Å². The molecule has 0 aromatic carbocycles. The van der Waals surface area contributed by atoms with E-state index in [1.165, 1.54) is 0 Å². The van der Waals surface area contributed by atoms with Crippen LogP contribution in [0.25, 0.3) is 0 Å². The second-order valence-electron chi connectivity index (χ2n) is 7.88. The first-order chi connectivity index (χ1) is 13.3. The van der Waals surface area contributed by atoms with E-state index < -0.39 is 7.92 Å². The van der Waals surface area contributed by atoms with Crippen molar-refractivity contribution in [1.29, 1.82) is 0 Å². The molecule has 0 atom stereocenters. The standard InChI is InChI=1S/C18H27P.5CO.Cr/c1-16(2,3)10-13-19(14-11-17(4,5)6)15-12-18(7,8)9;5*1-2;/h1-9H3;;;;;;/p+1. The fourth-order valence-corrected chi connectivity index (χ4v) is 2.53. The van der Waals surface area contributed by atoms with Crippen molar-refractivity contribution in [2.24, 2.45) is 16.2 Å². The quantitative estimate of drug-likeness (QED) is 0.207. The molecule has 0 radical (unpaired) electrons.